The van der Waals surface area contributed by atoms with Crippen LogP contribution in [0.5, 0.6) is 0 Å². The lowest BCUT2D eigenvalue weighted by atomic mass is 10.4. The summed E-state index contributed by atoms with van der Waals surface area (Å²) >= 11 is 0. The molecule has 0 radical (unpaired) electrons. The van der Waals surface area contributed by atoms with Gasteiger partial charge in [0.25, 0.3) is 0 Å². The fourth-order valence-corrected chi connectivity index (χ4v) is 4.07. The molecule has 4 aromatic heterocycles. The van der Waals surface area contributed by atoms with Gasteiger partial charge in [0.05, 0.1) is 37.1 Å². The second kappa shape index (κ2) is 8.70. The molecule has 0 N–H and O–H groups in total. The van der Waals surface area contributed by atoms with Crippen LogP contribution in [-0.2, 0) is 26.6 Å². The van der Waals surface area contributed by atoms with Gasteiger partial charge in [-0.2, -0.15) is 0 Å². The number of fused-ring (bicyclic) bond motifs is 2. The Balaban J connectivity index is 0.000000182. The van der Waals surface area contributed by atoms with Gasteiger partial charge in [-0.05, 0) is 17.7 Å². The minimum absolute atomic E-state index is 0.0868. The van der Waals surface area contributed by atoms with E-state index in [2.05, 4.69) is 30.0 Å². The maximum Gasteiger partial charge on any atom is 0.237 e. The highest BCUT2D eigenvalue weighted by atomic mass is 32.2. The molecule has 0 aliphatic rings. The van der Waals surface area contributed by atoms with Crippen LogP contribution in [-0.4, -0.2) is 63.5 Å². The zero-order chi connectivity index (χ0) is 23.5. The number of rotatable bonds is 5. The van der Waals surface area contributed by atoms with Gasteiger partial charge in [-0.25, -0.2) is 44.7 Å². The number of carbonyl (C=O) groups is 1. The molecule has 4 heterocycles. The van der Waals surface area contributed by atoms with Gasteiger partial charge in [-0.1, -0.05) is 5.11 Å². The highest BCUT2D eigenvalue weighted by Crippen LogP contribution is 2.14. The lowest BCUT2D eigenvalue weighted by Crippen LogP contribution is -2.09. The van der Waals surface area contributed by atoms with Crippen molar-refractivity contribution in [3.8, 4) is 0 Å². The van der Waals surface area contributed by atoms with Gasteiger partial charge in [-0.3, -0.25) is 4.79 Å². The number of azide groups is 1. The molecule has 0 bridgehead atoms. The van der Waals surface area contributed by atoms with Gasteiger partial charge in [0.15, 0.2) is 17.6 Å². The first-order chi connectivity index (χ1) is 15.0. The quantitative estimate of drug-likeness (QED) is 0.175. The highest BCUT2D eigenvalue weighted by molar-refractivity contribution is 7.89. The number of hydrogen-bond donors (Lipinski definition) is 0. The van der Waals surface area contributed by atoms with Crippen molar-refractivity contribution >= 4 is 48.7 Å². The van der Waals surface area contributed by atoms with Crippen LogP contribution in [0.1, 0.15) is 16.2 Å². The summed E-state index contributed by atoms with van der Waals surface area (Å²) in [5.41, 5.74) is 10.2. The van der Waals surface area contributed by atoms with E-state index in [1.165, 1.54) is 30.9 Å². The highest BCUT2D eigenvalue weighted by Gasteiger charge is 2.13. The first-order valence-electron chi connectivity index (χ1n) is 8.59. The Morgan fingerprint density at radius 2 is 1.50 bits per heavy atom. The van der Waals surface area contributed by atoms with E-state index < -0.39 is 20.0 Å². The number of aldehydes is 1. The Hall–Kier alpha value is -3.88. The van der Waals surface area contributed by atoms with Crippen molar-refractivity contribution in [1.82, 2.24) is 27.9 Å². The van der Waals surface area contributed by atoms with Gasteiger partial charge >= 0.3 is 0 Å². The van der Waals surface area contributed by atoms with E-state index in [9.17, 15) is 21.6 Å². The van der Waals surface area contributed by atoms with Crippen LogP contribution in [0, 0.1) is 0 Å². The zero-order valence-electron chi connectivity index (χ0n) is 16.6. The molecule has 16 heteroatoms. The lowest BCUT2D eigenvalue weighted by molar-refractivity contribution is 0.111. The van der Waals surface area contributed by atoms with Crippen LogP contribution < -0.4 is 0 Å². The molecule has 0 atom stereocenters. The van der Waals surface area contributed by atoms with Crippen LogP contribution >= 0.6 is 0 Å². The predicted molar refractivity (Wildman–Crippen MR) is 114 cm³/mol. The second-order valence-corrected chi connectivity index (χ2v) is 10.0. The minimum atomic E-state index is -3.38. The van der Waals surface area contributed by atoms with Crippen molar-refractivity contribution < 1.29 is 21.6 Å². The van der Waals surface area contributed by atoms with E-state index in [4.69, 9.17) is 5.53 Å². The standard InChI is InChI=1S/C8H8N6O2S.C8H7N3O3S/c1-17(15,16)14-3-2-7-8(14)10-4-6(12-7)5-11-13-9;1-15(13,14)11-3-2-7-8(11)9-4-6(5-12)10-7/h2-4H,5H2,1H3;2-5H,1H3. The molecule has 0 aliphatic carbocycles. The van der Waals surface area contributed by atoms with E-state index in [1.54, 1.807) is 6.07 Å². The van der Waals surface area contributed by atoms with Crippen LogP contribution in [0.2, 0.25) is 0 Å². The first kappa shape index (κ1) is 22.8. The van der Waals surface area contributed by atoms with E-state index in [0.29, 0.717) is 23.0 Å². The van der Waals surface area contributed by atoms with Crippen molar-refractivity contribution in [2.45, 2.75) is 6.54 Å². The van der Waals surface area contributed by atoms with Gasteiger partial charge in [0.2, 0.25) is 20.0 Å². The van der Waals surface area contributed by atoms with E-state index in [-0.39, 0.29) is 23.5 Å². The number of hydrogen-bond acceptors (Lipinski definition) is 10. The molecule has 0 amide bonds. The zero-order valence-corrected chi connectivity index (χ0v) is 18.3. The predicted octanol–water partition coefficient (Wildman–Crippen LogP) is 1.10. The van der Waals surface area contributed by atoms with Crippen LogP contribution in [0.3, 0.4) is 0 Å². The smallest absolute Gasteiger partial charge is 0.237 e. The Labute approximate surface area is 181 Å². The Morgan fingerprint density at radius 1 is 0.969 bits per heavy atom. The number of nitrogens with zero attached hydrogens (tertiary/aromatic N) is 9. The summed E-state index contributed by atoms with van der Waals surface area (Å²) in [6.07, 6.45) is 8.08. The third kappa shape index (κ3) is 4.88. The second-order valence-electron chi connectivity index (χ2n) is 6.33. The minimum Gasteiger partial charge on any atom is -0.296 e. The molecule has 166 valence electrons. The normalized spacial score (nSPS) is 11.6. The summed E-state index contributed by atoms with van der Waals surface area (Å²) in [6.45, 7) is 0.0868. The topological polar surface area (TPSA) is 196 Å². The molecule has 4 aromatic rings. The Kier molecular flexibility index (Phi) is 6.20. The molecule has 0 saturated heterocycles. The summed E-state index contributed by atoms with van der Waals surface area (Å²) < 4.78 is 47.4. The maximum absolute atomic E-state index is 11.4. The number of aromatic nitrogens is 6. The SMILES string of the molecule is CS(=O)(=O)n1ccc2nc(C=O)cnc21.CS(=O)(=O)n1ccc2nc(CN=[N+]=[N-])cnc21. The van der Waals surface area contributed by atoms with Crippen molar-refractivity contribution in [2.24, 2.45) is 5.11 Å². The van der Waals surface area contributed by atoms with Crippen LogP contribution in [0.15, 0.2) is 42.0 Å². The van der Waals surface area contributed by atoms with Crippen LogP contribution in [0.4, 0.5) is 0 Å². The molecule has 0 fully saturated rings. The molecule has 0 saturated carbocycles. The monoisotopic (exact) mass is 477 g/mol. The largest absolute Gasteiger partial charge is 0.296 e. The lowest BCUT2D eigenvalue weighted by Gasteiger charge is -2.00. The van der Waals surface area contributed by atoms with Gasteiger partial charge < -0.3 is 0 Å². The third-order valence-corrected chi connectivity index (χ3v) is 5.93. The fourth-order valence-electron chi connectivity index (χ4n) is 2.60. The molecule has 0 spiro atoms. The Morgan fingerprint density at radius 3 is 2.00 bits per heavy atom. The molecular weight excluding hydrogens is 462 g/mol. The molecule has 32 heavy (non-hydrogen) atoms. The van der Waals surface area contributed by atoms with Crippen LogP contribution in [0.25, 0.3) is 32.8 Å². The summed E-state index contributed by atoms with van der Waals surface area (Å²) in [4.78, 5) is 29.0. The van der Waals surface area contributed by atoms with E-state index in [0.717, 1.165) is 20.5 Å². The first-order valence-corrected chi connectivity index (χ1v) is 12.3. The number of carbonyl (C=O) groups excluding carboxylic acids is 1. The molecule has 0 aliphatic heterocycles. The average Bonchev–Trinajstić information content (AvgIpc) is 3.35. The van der Waals surface area contributed by atoms with Crippen molar-refractivity contribution in [2.75, 3.05) is 12.5 Å². The Bertz CT molecular complexity index is 1580. The van der Waals surface area contributed by atoms with Crippen molar-refractivity contribution in [3.05, 3.63) is 58.8 Å². The van der Waals surface area contributed by atoms with Gasteiger partial charge in [0, 0.05) is 17.3 Å². The molecular formula is C16H15N9O5S2. The average molecular weight is 477 g/mol. The van der Waals surface area contributed by atoms with E-state index in [1.807, 2.05) is 0 Å². The third-order valence-electron chi connectivity index (χ3n) is 3.91. The molecule has 4 rings (SSSR count). The fraction of sp³-hybridized carbons (Fsp3) is 0.188. The maximum atomic E-state index is 11.4. The van der Waals surface area contributed by atoms with Crippen molar-refractivity contribution in [1.29, 1.82) is 0 Å². The molecule has 0 aromatic carbocycles. The van der Waals surface area contributed by atoms with Gasteiger partial charge in [0.1, 0.15) is 16.7 Å². The van der Waals surface area contributed by atoms with Gasteiger partial charge in [-0.15, -0.1) is 0 Å². The summed E-state index contributed by atoms with van der Waals surface area (Å²) in [6, 6.07) is 3.04. The summed E-state index contributed by atoms with van der Waals surface area (Å²) in [7, 11) is -6.76. The molecule has 14 nitrogen and oxygen atoms in total. The summed E-state index contributed by atoms with van der Waals surface area (Å²) in [5, 5.41) is 3.36. The summed E-state index contributed by atoms with van der Waals surface area (Å²) in [5.74, 6) is 0. The molecule has 0 unspecified atom stereocenters. The van der Waals surface area contributed by atoms with Crippen molar-refractivity contribution in [3.63, 3.8) is 0 Å². The van der Waals surface area contributed by atoms with E-state index >= 15 is 0 Å².